The fourth-order valence-corrected chi connectivity index (χ4v) is 6.68. The van der Waals surface area contributed by atoms with Gasteiger partial charge < -0.3 is 30.7 Å². The lowest BCUT2D eigenvalue weighted by Gasteiger charge is -2.35. The highest BCUT2D eigenvalue weighted by molar-refractivity contribution is 8.00. The predicted molar refractivity (Wildman–Crippen MR) is 221 cm³/mol. The molecule has 0 saturated carbocycles. The van der Waals surface area contributed by atoms with Crippen LogP contribution < -0.4 is 21.3 Å². The van der Waals surface area contributed by atoms with Crippen LogP contribution in [-0.4, -0.2) is 89.5 Å². The maximum atomic E-state index is 14.3. The summed E-state index contributed by atoms with van der Waals surface area (Å²) >= 11 is 1.37. The van der Waals surface area contributed by atoms with Crippen molar-refractivity contribution in [3.63, 3.8) is 0 Å². The molecule has 3 aromatic rings. The molecular formula is C43H55N5O8S. The highest BCUT2D eigenvalue weighted by Gasteiger charge is 2.40. The number of benzene rings is 3. The third-order valence-corrected chi connectivity index (χ3v) is 11.2. The third kappa shape index (κ3) is 12.1. The van der Waals surface area contributed by atoms with Gasteiger partial charge in [0.15, 0.2) is 0 Å². The summed E-state index contributed by atoms with van der Waals surface area (Å²) < 4.78 is 9.33. The van der Waals surface area contributed by atoms with Gasteiger partial charge in [-0.15, -0.1) is 0 Å². The van der Waals surface area contributed by atoms with E-state index >= 15 is 0 Å². The Labute approximate surface area is 339 Å². The SMILES string of the molecule is COC(=O)c1ccc(C(=O)Nc2ccc(CC(NC(=O)[C@@H](NC(=O)[C@H](C)N(C)C(=O)OC(C)(C)C)C(C)(C)SC)C(=O)NC3CCCc4ccccc43)cc2)cc1. The monoisotopic (exact) mass is 801 g/mol. The molecule has 5 amide bonds. The number of aryl methyl sites for hydroxylation is 1. The van der Waals surface area contributed by atoms with E-state index in [2.05, 4.69) is 27.3 Å². The van der Waals surface area contributed by atoms with Gasteiger partial charge in [-0.25, -0.2) is 9.59 Å². The number of nitrogens with one attached hydrogen (secondary N) is 4. The Morgan fingerprint density at radius 3 is 2.09 bits per heavy atom. The lowest BCUT2D eigenvalue weighted by atomic mass is 9.87. The molecule has 0 saturated heterocycles. The van der Waals surface area contributed by atoms with E-state index in [4.69, 9.17) is 9.47 Å². The molecule has 0 radical (unpaired) electrons. The Bertz CT molecular complexity index is 1930. The van der Waals surface area contributed by atoms with E-state index in [1.807, 2.05) is 38.3 Å². The number of esters is 1. The number of carbonyl (C=O) groups excluding carboxylic acids is 6. The van der Waals surface area contributed by atoms with Crippen LogP contribution in [0.25, 0.3) is 0 Å². The van der Waals surface area contributed by atoms with E-state index in [-0.39, 0.29) is 24.3 Å². The number of fused-ring (bicyclic) bond motifs is 1. The van der Waals surface area contributed by atoms with E-state index in [1.54, 1.807) is 52.0 Å². The summed E-state index contributed by atoms with van der Waals surface area (Å²) in [7, 11) is 2.74. The fourth-order valence-electron chi connectivity index (χ4n) is 6.28. The van der Waals surface area contributed by atoms with Gasteiger partial charge in [-0.2, -0.15) is 11.8 Å². The Morgan fingerprint density at radius 2 is 1.47 bits per heavy atom. The Kier molecular flexibility index (Phi) is 14.9. The Morgan fingerprint density at radius 1 is 0.842 bits per heavy atom. The second-order valence-electron chi connectivity index (χ2n) is 15.7. The van der Waals surface area contributed by atoms with E-state index in [0.29, 0.717) is 22.4 Å². The van der Waals surface area contributed by atoms with Crippen LogP contribution in [0.2, 0.25) is 0 Å². The molecule has 306 valence electrons. The van der Waals surface area contributed by atoms with Crippen molar-refractivity contribution >= 4 is 53.1 Å². The van der Waals surface area contributed by atoms with Crippen LogP contribution in [0, 0.1) is 0 Å². The van der Waals surface area contributed by atoms with Crippen molar-refractivity contribution in [3.05, 3.63) is 101 Å². The summed E-state index contributed by atoms with van der Waals surface area (Å²) in [6, 6.07) is 17.6. The first-order valence-corrected chi connectivity index (χ1v) is 20.1. The van der Waals surface area contributed by atoms with Gasteiger partial charge in [0, 0.05) is 29.5 Å². The smallest absolute Gasteiger partial charge is 0.410 e. The quantitative estimate of drug-likeness (QED) is 0.147. The van der Waals surface area contributed by atoms with Gasteiger partial charge in [0.05, 0.1) is 18.7 Å². The predicted octanol–water partition coefficient (Wildman–Crippen LogP) is 5.83. The summed E-state index contributed by atoms with van der Waals surface area (Å²) in [5.41, 5.74) is 3.31. The molecule has 0 heterocycles. The highest BCUT2D eigenvalue weighted by Crippen LogP contribution is 2.30. The molecule has 0 spiro atoms. The number of hydrogen-bond donors (Lipinski definition) is 4. The molecule has 4 rings (SSSR count). The van der Waals surface area contributed by atoms with Crippen LogP contribution in [0.1, 0.15) is 97.8 Å². The van der Waals surface area contributed by atoms with Crippen molar-refractivity contribution in [3.8, 4) is 0 Å². The van der Waals surface area contributed by atoms with Gasteiger partial charge in [0.2, 0.25) is 17.7 Å². The van der Waals surface area contributed by atoms with Gasteiger partial charge >= 0.3 is 12.1 Å². The van der Waals surface area contributed by atoms with Crippen LogP contribution in [-0.2, 0) is 36.7 Å². The lowest BCUT2D eigenvalue weighted by Crippen LogP contribution is -2.62. The largest absolute Gasteiger partial charge is 0.465 e. The zero-order valence-electron chi connectivity index (χ0n) is 34.2. The normalized spacial score (nSPS) is 15.4. The summed E-state index contributed by atoms with van der Waals surface area (Å²) in [6.07, 6.45) is 3.80. The molecule has 1 aliphatic rings. The minimum absolute atomic E-state index is 0.104. The Balaban J connectivity index is 1.56. The Hall–Kier alpha value is -5.37. The standard InChI is InChI=1S/C43H55N5O8S/c1-26(48(7)41(54)56-42(2,3)4)36(49)47-35(43(5,6)57-9)39(52)46-34(38(51)45-33-16-12-14-28-13-10-11-15-32(28)33)25-27-17-23-31(24-18-27)44-37(50)29-19-21-30(22-20-29)40(53)55-8/h10-11,13,15,17-24,26,33-35H,12,14,16,25H2,1-9H3,(H,44,50)(H,45,51)(H,46,52)(H,47,49)/t26-,33?,34?,35+/m0/s1. The van der Waals surface area contributed by atoms with Gasteiger partial charge in [0.1, 0.15) is 23.7 Å². The molecule has 0 fully saturated rings. The van der Waals surface area contributed by atoms with Gasteiger partial charge in [-0.3, -0.25) is 24.1 Å². The molecular weight excluding hydrogens is 747 g/mol. The molecule has 57 heavy (non-hydrogen) atoms. The topological polar surface area (TPSA) is 172 Å². The van der Waals surface area contributed by atoms with E-state index < -0.39 is 52.4 Å². The second kappa shape index (κ2) is 19.2. The molecule has 0 aromatic heterocycles. The number of hydrogen-bond acceptors (Lipinski definition) is 9. The van der Waals surface area contributed by atoms with Crippen molar-refractivity contribution < 1.29 is 38.2 Å². The molecule has 0 bridgehead atoms. The molecule has 1 aliphatic carbocycles. The summed E-state index contributed by atoms with van der Waals surface area (Å²) in [5, 5.41) is 11.8. The first-order chi connectivity index (χ1) is 26.8. The van der Waals surface area contributed by atoms with Crippen molar-refractivity contribution in [2.75, 3.05) is 25.7 Å². The number of rotatable bonds is 14. The maximum absolute atomic E-state index is 14.3. The summed E-state index contributed by atoms with van der Waals surface area (Å²) in [6.45, 7) is 10.4. The van der Waals surface area contributed by atoms with Crippen LogP contribution in [0.15, 0.2) is 72.8 Å². The number of likely N-dealkylation sites (N-methyl/N-ethyl adjacent to an activating group) is 1. The minimum atomic E-state index is -1.10. The number of carbonyl (C=O) groups is 6. The van der Waals surface area contributed by atoms with Gasteiger partial charge in [-0.1, -0.05) is 36.4 Å². The number of ether oxygens (including phenoxy) is 2. The molecule has 13 nitrogen and oxygen atoms in total. The number of methoxy groups -OCH3 is 1. The lowest BCUT2D eigenvalue weighted by molar-refractivity contribution is -0.134. The van der Waals surface area contributed by atoms with Crippen molar-refractivity contribution in [1.82, 2.24) is 20.9 Å². The number of thioether (sulfide) groups is 1. The van der Waals surface area contributed by atoms with Gasteiger partial charge in [0.25, 0.3) is 5.91 Å². The second-order valence-corrected chi connectivity index (χ2v) is 17.1. The number of nitrogens with zero attached hydrogens (tertiary/aromatic N) is 1. The van der Waals surface area contributed by atoms with E-state index in [0.717, 1.165) is 24.8 Å². The molecule has 3 aromatic carbocycles. The number of anilines is 1. The van der Waals surface area contributed by atoms with Crippen LogP contribution >= 0.6 is 11.8 Å². The van der Waals surface area contributed by atoms with Crippen LogP contribution in [0.3, 0.4) is 0 Å². The fraction of sp³-hybridized carbons (Fsp3) is 0.442. The maximum Gasteiger partial charge on any atom is 0.410 e. The van der Waals surface area contributed by atoms with Gasteiger partial charge in [-0.05, 0) is 120 Å². The third-order valence-electron chi connectivity index (χ3n) is 9.95. The molecule has 14 heteroatoms. The molecule has 2 unspecified atom stereocenters. The zero-order chi connectivity index (χ0) is 42.1. The van der Waals surface area contributed by atoms with Crippen LogP contribution in [0.5, 0.6) is 0 Å². The van der Waals surface area contributed by atoms with Crippen molar-refractivity contribution in [2.45, 2.75) is 102 Å². The van der Waals surface area contributed by atoms with E-state index in [9.17, 15) is 28.8 Å². The molecule has 4 atom stereocenters. The van der Waals surface area contributed by atoms with Crippen molar-refractivity contribution in [1.29, 1.82) is 0 Å². The molecule has 0 aliphatic heterocycles. The minimum Gasteiger partial charge on any atom is -0.465 e. The van der Waals surface area contributed by atoms with Crippen LogP contribution in [0.4, 0.5) is 10.5 Å². The average molecular weight is 802 g/mol. The average Bonchev–Trinajstić information content (AvgIpc) is 3.18. The number of amides is 5. The zero-order valence-corrected chi connectivity index (χ0v) is 35.0. The first-order valence-electron chi connectivity index (χ1n) is 18.9. The van der Waals surface area contributed by atoms with E-state index in [1.165, 1.54) is 60.6 Å². The first kappa shape index (κ1) is 44.3. The van der Waals surface area contributed by atoms with Crippen molar-refractivity contribution in [2.24, 2.45) is 0 Å². The highest BCUT2D eigenvalue weighted by atomic mass is 32.2. The summed E-state index contributed by atoms with van der Waals surface area (Å²) in [5.74, 6) is -2.41. The molecule has 4 N–H and O–H groups in total. The summed E-state index contributed by atoms with van der Waals surface area (Å²) in [4.78, 5) is 80.7.